The highest BCUT2D eigenvalue weighted by Crippen LogP contribution is 2.21. The van der Waals surface area contributed by atoms with E-state index in [1.165, 1.54) is 19.2 Å². The molecule has 0 aliphatic rings. The van der Waals surface area contributed by atoms with E-state index in [2.05, 4.69) is 5.32 Å². The first-order valence-electron chi connectivity index (χ1n) is 6.01. The van der Waals surface area contributed by atoms with Gasteiger partial charge in [0.2, 0.25) is 0 Å². The molecule has 0 unspecified atom stereocenters. The van der Waals surface area contributed by atoms with Crippen molar-refractivity contribution in [3.05, 3.63) is 53.6 Å². The fourth-order valence-corrected chi connectivity index (χ4v) is 1.75. The molecule has 2 N–H and O–H groups in total. The van der Waals surface area contributed by atoms with Crippen molar-refractivity contribution in [1.82, 2.24) is 0 Å². The summed E-state index contributed by atoms with van der Waals surface area (Å²) in [7, 11) is 1.51. The van der Waals surface area contributed by atoms with Gasteiger partial charge in [-0.3, -0.25) is 4.79 Å². The number of nitrogens with one attached hydrogen (secondary N) is 1. The first kappa shape index (κ1) is 14.4. The van der Waals surface area contributed by atoms with Crippen LogP contribution in [0, 0.1) is 0 Å². The van der Waals surface area contributed by atoms with Gasteiger partial charge in [-0.15, -0.1) is 5.75 Å². The van der Waals surface area contributed by atoms with Crippen molar-refractivity contribution >= 4 is 17.6 Å². The molecule has 2 aromatic rings. The van der Waals surface area contributed by atoms with Crippen LogP contribution < -0.4 is 15.2 Å². The predicted octanol–water partition coefficient (Wildman–Crippen LogP) is 1.72. The molecule has 2 rings (SSSR count). The lowest BCUT2D eigenvalue weighted by molar-refractivity contribution is -0.268. The van der Waals surface area contributed by atoms with E-state index in [-0.39, 0.29) is 11.3 Å². The van der Waals surface area contributed by atoms with Gasteiger partial charge in [-0.1, -0.05) is 12.1 Å². The molecule has 0 spiro atoms. The summed E-state index contributed by atoms with van der Waals surface area (Å²) in [6, 6.07) is 9.77. The lowest BCUT2D eigenvalue weighted by atomic mass is 10.1. The average Bonchev–Trinajstić information content (AvgIpc) is 2.49. The summed E-state index contributed by atoms with van der Waals surface area (Å²) in [4.78, 5) is 23.1. The second-order valence-electron chi connectivity index (χ2n) is 4.20. The molecule has 0 aromatic heterocycles. The number of hydrogen-bond acceptors (Lipinski definition) is 4. The number of aromatic carboxylic acids is 1. The Kier molecular flexibility index (Phi) is 4.08. The molecule has 0 aliphatic heterocycles. The van der Waals surface area contributed by atoms with Gasteiger partial charge in [0.25, 0.3) is 5.91 Å². The third-order valence-electron chi connectivity index (χ3n) is 2.82. The number of amides is 1. The monoisotopic (exact) mass is 286 g/mol. The van der Waals surface area contributed by atoms with Gasteiger partial charge in [-0.05, 0) is 30.3 Å². The van der Waals surface area contributed by atoms with E-state index < -0.39 is 17.6 Å². The molecule has 1 amide bonds. The van der Waals surface area contributed by atoms with Crippen LogP contribution in [0.2, 0.25) is 0 Å². The Bertz CT molecular complexity index is 679. The Morgan fingerprint density at radius 2 is 1.81 bits per heavy atom. The number of carbonyl (C=O) groups is 2. The van der Waals surface area contributed by atoms with Crippen LogP contribution in [0.25, 0.3) is 0 Å². The molecule has 108 valence electrons. The first-order chi connectivity index (χ1) is 10.0. The molecule has 6 nitrogen and oxygen atoms in total. The number of benzene rings is 2. The van der Waals surface area contributed by atoms with Crippen LogP contribution in [-0.2, 0) is 0 Å². The second kappa shape index (κ2) is 5.96. The van der Waals surface area contributed by atoms with Gasteiger partial charge in [0.15, 0.2) is 0 Å². The highest BCUT2D eigenvalue weighted by molar-refractivity contribution is 6.07. The normalized spacial score (nSPS) is 9.95. The van der Waals surface area contributed by atoms with E-state index in [1.807, 2.05) is 0 Å². The van der Waals surface area contributed by atoms with Crippen LogP contribution >= 0.6 is 0 Å². The van der Waals surface area contributed by atoms with Crippen molar-refractivity contribution in [2.24, 2.45) is 0 Å². The van der Waals surface area contributed by atoms with Crippen LogP contribution in [0.5, 0.6) is 11.5 Å². The fraction of sp³-hybridized carbons (Fsp3) is 0.0667. The SMILES string of the molecule is COc1ccc(C(=O)Nc2ccc([O-])cc2C(=O)O)cc1. The van der Waals surface area contributed by atoms with Crippen molar-refractivity contribution < 1.29 is 24.5 Å². The third-order valence-corrected chi connectivity index (χ3v) is 2.82. The van der Waals surface area contributed by atoms with Crippen LogP contribution in [-0.4, -0.2) is 24.1 Å². The molecule has 0 fully saturated rings. The number of methoxy groups -OCH3 is 1. The Balaban J connectivity index is 2.24. The number of ether oxygens (including phenoxy) is 1. The zero-order chi connectivity index (χ0) is 15.4. The Labute approximate surface area is 120 Å². The zero-order valence-corrected chi connectivity index (χ0v) is 11.1. The topological polar surface area (TPSA) is 98.7 Å². The van der Waals surface area contributed by atoms with E-state index >= 15 is 0 Å². The number of carboxylic acids is 1. The number of anilines is 1. The van der Waals surface area contributed by atoms with E-state index in [1.54, 1.807) is 24.3 Å². The van der Waals surface area contributed by atoms with E-state index in [9.17, 15) is 14.7 Å². The van der Waals surface area contributed by atoms with E-state index in [0.717, 1.165) is 6.07 Å². The fourth-order valence-electron chi connectivity index (χ4n) is 1.75. The smallest absolute Gasteiger partial charge is 0.337 e. The predicted molar refractivity (Wildman–Crippen MR) is 73.8 cm³/mol. The number of carbonyl (C=O) groups excluding carboxylic acids is 1. The van der Waals surface area contributed by atoms with Gasteiger partial charge in [0.05, 0.1) is 18.4 Å². The molecular weight excluding hydrogens is 274 g/mol. The molecule has 0 radical (unpaired) electrons. The second-order valence-corrected chi connectivity index (χ2v) is 4.20. The molecule has 6 heteroatoms. The standard InChI is InChI=1S/C15H13NO5/c1-21-11-5-2-9(3-6-11)14(18)16-13-7-4-10(17)8-12(13)15(19)20/h2-8,17H,1H3,(H,16,18)(H,19,20)/p-1. The molecule has 0 atom stereocenters. The van der Waals surface area contributed by atoms with E-state index in [0.29, 0.717) is 11.3 Å². The van der Waals surface area contributed by atoms with Gasteiger partial charge in [-0.2, -0.15) is 0 Å². The minimum Gasteiger partial charge on any atom is -0.872 e. The molecule has 0 saturated carbocycles. The largest absolute Gasteiger partial charge is 0.872 e. The van der Waals surface area contributed by atoms with Crippen LogP contribution in [0.1, 0.15) is 20.7 Å². The van der Waals surface area contributed by atoms with Crippen molar-refractivity contribution in [2.45, 2.75) is 0 Å². The average molecular weight is 286 g/mol. The maximum Gasteiger partial charge on any atom is 0.337 e. The summed E-state index contributed by atoms with van der Waals surface area (Å²) < 4.78 is 4.99. The summed E-state index contributed by atoms with van der Waals surface area (Å²) in [6.07, 6.45) is 0. The molecule has 0 heterocycles. The summed E-state index contributed by atoms with van der Waals surface area (Å²) in [5, 5.41) is 22.7. The zero-order valence-electron chi connectivity index (χ0n) is 11.1. The molecule has 0 aliphatic carbocycles. The quantitative estimate of drug-likeness (QED) is 0.891. The molecule has 21 heavy (non-hydrogen) atoms. The van der Waals surface area contributed by atoms with Gasteiger partial charge in [0, 0.05) is 5.56 Å². The maximum absolute atomic E-state index is 12.1. The van der Waals surface area contributed by atoms with E-state index in [4.69, 9.17) is 9.84 Å². The van der Waals surface area contributed by atoms with Crippen molar-refractivity contribution in [3.63, 3.8) is 0 Å². The minimum atomic E-state index is -1.28. The lowest BCUT2D eigenvalue weighted by Gasteiger charge is -2.12. The molecular formula is C15H12NO5-. The maximum atomic E-state index is 12.1. The molecule has 2 aromatic carbocycles. The van der Waals surface area contributed by atoms with Crippen molar-refractivity contribution in [1.29, 1.82) is 0 Å². The number of rotatable bonds is 4. The highest BCUT2D eigenvalue weighted by Gasteiger charge is 2.13. The van der Waals surface area contributed by atoms with Crippen LogP contribution in [0.3, 0.4) is 0 Å². The molecule has 0 bridgehead atoms. The highest BCUT2D eigenvalue weighted by atomic mass is 16.5. The number of hydrogen-bond donors (Lipinski definition) is 2. The number of carboxylic acid groups (broad SMARTS) is 1. The third kappa shape index (κ3) is 3.30. The Hall–Kier alpha value is -3.02. The van der Waals surface area contributed by atoms with Gasteiger partial charge < -0.3 is 20.3 Å². The van der Waals surface area contributed by atoms with Gasteiger partial charge in [-0.25, -0.2) is 4.79 Å². The Morgan fingerprint density at radius 3 is 2.38 bits per heavy atom. The van der Waals surface area contributed by atoms with Crippen LogP contribution in [0.15, 0.2) is 42.5 Å². The van der Waals surface area contributed by atoms with Crippen molar-refractivity contribution in [3.8, 4) is 11.5 Å². The van der Waals surface area contributed by atoms with Crippen molar-refractivity contribution in [2.75, 3.05) is 12.4 Å². The first-order valence-corrected chi connectivity index (χ1v) is 6.01. The Morgan fingerprint density at radius 1 is 1.14 bits per heavy atom. The lowest BCUT2D eigenvalue weighted by Crippen LogP contribution is -2.15. The van der Waals surface area contributed by atoms with Gasteiger partial charge >= 0.3 is 5.97 Å². The minimum absolute atomic E-state index is 0.0721. The summed E-state index contributed by atoms with van der Waals surface area (Å²) >= 11 is 0. The molecule has 0 saturated heterocycles. The summed E-state index contributed by atoms with van der Waals surface area (Å²) in [6.45, 7) is 0. The van der Waals surface area contributed by atoms with Crippen LogP contribution in [0.4, 0.5) is 5.69 Å². The van der Waals surface area contributed by atoms with Gasteiger partial charge in [0.1, 0.15) is 5.75 Å². The summed E-state index contributed by atoms with van der Waals surface area (Å²) in [5.74, 6) is -1.58. The summed E-state index contributed by atoms with van der Waals surface area (Å²) in [5.41, 5.74) is 0.172.